The third kappa shape index (κ3) is 8.37. The number of carbonyl (C=O) groups is 2. The van der Waals surface area contributed by atoms with Crippen molar-refractivity contribution in [3.63, 3.8) is 0 Å². The van der Waals surface area contributed by atoms with Crippen LogP contribution < -0.4 is 18.9 Å². The summed E-state index contributed by atoms with van der Waals surface area (Å²) in [6.45, 7) is 8.22. The summed E-state index contributed by atoms with van der Waals surface area (Å²) in [7, 11) is 0. The van der Waals surface area contributed by atoms with Crippen molar-refractivity contribution >= 4 is 45.6 Å². The second-order valence-electron chi connectivity index (χ2n) is 15.2. The molecule has 6 aromatic rings. The van der Waals surface area contributed by atoms with Gasteiger partial charge in [0.05, 0.1) is 39.6 Å². The second kappa shape index (κ2) is 15.9. The van der Waals surface area contributed by atoms with E-state index < -0.39 is 11.9 Å². The first-order chi connectivity index (χ1) is 27.2. The molecule has 0 unspecified atom stereocenters. The average molecular weight is 747 g/mol. The van der Waals surface area contributed by atoms with Crippen molar-refractivity contribution in [3.05, 3.63) is 145 Å². The first-order valence-electron chi connectivity index (χ1n) is 18.7. The van der Waals surface area contributed by atoms with Gasteiger partial charge >= 0.3 is 11.9 Å². The normalized spacial score (nSPS) is 15.7. The maximum atomic E-state index is 13.4. The molecule has 6 aromatic carbocycles. The highest BCUT2D eigenvalue weighted by atomic mass is 16.5. The molecule has 0 aliphatic carbocycles. The van der Waals surface area contributed by atoms with Gasteiger partial charge in [-0.3, -0.25) is 0 Å². The van der Waals surface area contributed by atoms with Crippen LogP contribution in [0.2, 0.25) is 0 Å². The van der Waals surface area contributed by atoms with E-state index in [1.807, 2.05) is 109 Å². The van der Waals surface area contributed by atoms with E-state index in [0.29, 0.717) is 62.3 Å². The molecule has 0 aromatic heterocycles. The summed E-state index contributed by atoms with van der Waals surface area (Å²) in [5.41, 5.74) is 3.01. The van der Waals surface area contributed by atoms with Crippen LogP contribution >= 0.6 is 0 Å². The molecular formula is C48H42O8. The summed E-state index contributed by atoms with van der Waals surface area (Å²) >= 11 is 0. The molecule has 0 N–H and O–H groups in total. The van der Waals surface area contributed by atoms with Crippen LogP contribution in [0.5, 0.6) is 23.0 Å². The molecule has 0 saturated carbocycles. The molecule has 2 aliphatic rings. The van der Waals surface area contributed by atoms with Gasteiger partial charge in [-0.25, -0.2) is 9.59 Å². The van der Waals surface area contributed by atoms with Crippen molar-refractivity contribution in [1.29, 1.82) is 0 Å². The summed E-state index contributed by atoms with van der Waals surface area (Å²) < 4.78 is 34.7. The Bertz CT molecular complexity index is 2260. The Balaban J connectivity index is 1.04. The summed E-state index contributed by atoms with van der Waals surface area (Å²) in [4.78, 5) is 26.9. The standard InChI is InChI=1S/C48H42O8/c1-47(27-51-28-47)31-53-37-19-11-33(12-20-37)15-25-43(49)55-41-23-17-35-7-3-5-9-39(35)45(41)46-40-10-6-4-8-36(40)18-24-42(46)56-44(50)26-16-34-13-21-38(22-14-34)54-32-48(2)29-52-30-48/h3-26H,27-32H2,1-2H3. The number of benzene rings is 6. The molecule has 2 fully saturated rings. The highest BCUT2D eigenvalue weighted by Gasteiger charge is 2.35. The molecule has 8 rings (SSSR count). The van der Waals surface area contributed by atoms with Crippen LogP contribution in [0.25, 0.3) is 44.8 Å². The molecule has 0 spiro atoms. The van der Waals surface area contributed by atoms with E-state index >= 15 is 0 Å². The van der Waals surface area contributed by atoms with Gasteiger partial charge in [0.2, 0.25) is 0 Å². The SMILES string of the molecule is CC1(COc2ccc(C=CC(=O)Oc3ccc4ccccc4c3-c3c(OC(=O)C=Cc4ccc(OCC5(C)COC5)cc4)ccc4ccccc34)cc2)COC1. The van der Waals surface area contributed by atoms with E-state index in [9.17, 15) is 9.59 Å². The highest BCUT2D eigenvalue weighted by Crippen LogP contribution is 2.45. The minimum absolute atomic E-state index is 0.0451. The van der Waals surface area contributed by atoms with Crippen LogP contribution in [0, 0.1) is 10.8 Å². The van der Waals surface area contributed by atoms with Crippen molar-refractivity contribution < 1.29 is 38.0 Å². The third-order valence-corrected chi connectivity index (χ3v) is 10.0. The smallest absolute Gasteiger partial charge is 0.336 e. The van der Waals surface area contributed by atoms with Gasteiger partial charge in [0.15, 0.2) is 0 Å². The first-order valence-corrected chi connectivity index (χ1v) is 18.7. The number of carbonyl (C=O) groups excluding carboxylic acids is 2. The highest BCUT2D eigenvalue weighted by molar-refractivity contribution is 6.11. The fourth-order valence-electron chi connectivity index (χ4n) is 6.74. The molecule has 0 atom stereocenters. The number of rotatable bonds is 13. The Labute approximate surface area is 325 Å². The zero-order chi connectivity index (χ0) is 38.5. The molecule has 2 aliphatic heterocycles. The molecular weight excluding hydrogens is 705 g/mol. The van der Waals surface area contributed by atoms with Crippen molar-refractivity contribution in [2.24, 2.45) is 10.8 Å². The topological polar surface area (TPSA) is 89.5 Å². The summed E-state index contributed by atoms with van der Waals surface area (Å²) in [6.07, 6.45) is 6.21. The minimum atomic E-state index is -0.552. The number of fused-ring (bicyclic) bond motifs is 2. The Morgan fingerprint density at radius 3 is 1.30 bits per heavy atom. The van der Waals surface area contributed by atoms with Crippen LogP contribution in [0.3, 0.4) is 0 Å². The zero-order valence-corrected chi connectivity index (χ0v) is 31.4. The fraction of sp³-hybridized carbons (Fsp3) is 0.208. The van der Waals surface area contributed by atoms with E-state index in [0.717, 1.165) is 44.2 Å². The number of hydrogen-bond acceptors (Lipinski definition) is 8. The van der Waals surface area contributed by atoms with Crippen LogP contribution in [0.1, 0.15) is 25.0 Å². The Morgan fingerprint density at radius 1 is 0.536 bits per heavy atom. The molecule has 8 heteroatoms. The van der Waals surface area contributed by atoms with Gasteiger partial charge in [-0.1, -0.05) is 98.8 Å². The van der Waals surface area contributed by atoms with Gasteiger partial charge in [0.1, 0.15) is 23.0 Å². The van der Waals surface area contributed by atoms with Gasteiger partial charge in [-0.05, 0) is 81.2 Å². The molecule has 0 radical (unpaired) electrons. The van der Waals surface area contributed by atoms with E-state index in [1.165, 1.54) is 12.2 Å². The fourth-order valence-corrected chi connectivity index (χ4v) is 6.74. The van der Waals surface area contributed by atoms with Gasteiger partial charge in [0, 0.05) is 34.1 Å². The number of esters is 2. The molecule has 282 valence electrons. The lowest BCUT2D eigenvalue weighted by Crippen LogP contribution is -2.44. The lowest BCUT2D eigenvalue weighted by Gasteiger charge is -2.37. The van der Waals surface area contributed by atoms with Crippen molar-refractivity contribution in [1.82, 2.24) is 0 Å². The van der Waals surface area contributed by atoms with Crippen LogP contribution in [0.15, 0.2) is 133 Å². The van der Waals surface area contributed by atoms with Gasteiger partial charge in [0.25, 0.3) is 0 Å². The number of hydrogen-bond donors (Lipinski definition) is 0. The van der Waals surface area contributed by atoms with E-state index in [4.69, 9.17) is 28.4 Å². The predicted molar refractivity (Wildman–Crippen MR) is 218 cm³/mol. The second-order valence-corrected chi connectivity index (χ2v) is 15.2. The monoisotopic (exact) mass is 746 g/mol. The molecule has 2 heterocycles. The summed E-state index contributed by atoms with van der Waals surface area (Å²) in [5.74, 6) is 1.07. The Morgan fingerprint density at radius 2 is 0.929 bits per heavy atom. The van der Waals surface area contributed by atoms with Crippen LogP contribution in [-0.4, -0.2) is 51.6 Å². The quantitative estimate of drug-likeness (QED) is 0.0656. The predicted octanol–water partition coefficient (Wildman–Crippen LogP) is 9.73. The van der Waals surface area contributed by atoms with E-state index in [-0.39, 0.29) is 10.8 Å². The molecule has 56 heavy (non-hydrogen) atoms. The summed E-state index contributed by atoms with van der Waals surface area (Å²) in [5, 5.41) is 3.55. The third-order valence-electron chi connectivity index (χ3n) is 10.0. The first kappa shape index (κ1) is 36.7. The Kier molecular flexibility index (Phi) is 10.4. The van der Waals surface area contributed by atoms with Crippen molar-refractivity contribution in [2.45, 2.75) is 13.8 Å². The lowest BCUT2D eigenvalue weighted by molar-refractivity contribution is -0.129. The van der Waals surface area contributed by atoms with Gasteiger partial charge in [-0.2, -0.15) is 0 Å². The largest absolute Gasteiger partial charge is 0.493 e. The van der Waals surface area contributed by atoms with Crippen LogP contribution in [-0.2, 0) is 19.1 Å². The van der Waals surface area contributed by atoms with Crippen molar-refractivity contribution in [2.75, 3.05) is 39.6 Å². The van der Waals surface area contributed by atoms with E-state index in [2.05, 4.69) is 13.8 Å². The maximum absolute atomic E-state index is 13.4. The van der Waals surface area contributed by atoms with Crippen LogP contribution in [0.4, 0.5) is 0 Å². The van der Waals surface area contributed by atoms with Gasteiger partial charge < -0.3 is 28.4 Å². The number of ether oxygens (including phenoxy) is 6. The average Bonchev–Trinajstić information content (AvgIpc) is 3.20. The Hall–Kier alpha value is -6.22. The maximum Gasteiger partial charge on any atom is 0.336 e. The molecule has 0 amide bonds. The molecule has 2 saturated heterocycles. The van der Waals surface area contributed by atoms with Gasteiger partial charge in [-0.15, -0.1) is 0 Å². The molecule has 0 bridgehead atoms. The molecule has 8 nitrogen and oxygen atoms in total. The van der Waals surface area contributed by atoms with Crippen molar-refractivity contribution in [3.8, 4) is 34.1 Å². The lowest BCUT2D eigenvalue weighted by atomic mass is 9.90. The summed E-state index contributed by atoms with van der Waals surface area (Å²) in [6, 6.07) is 38.2. The van der Waals surface area contributed by atoms with E-state index in [1.54, 1.807) is 24.3 Å². The minimum Gasteiger partial charge on any atom is -0.493 e. The zero-order valence-electron chi connectivity index (χ0n) is 31.4.